The Morgan fingerprint density at radius 1 is 1.39 bits per heavy atom. The maximum atomic E-state index is 8.69. The number of anilines is 1. The third-order valence-corrected chi connectivity index (χ3v) is 2.98. The maximum absolute atomic E-state index is 8.69. The van der Waals surface area contributed by atoms with E-state index in [0.29, 0.717) is 17.9 Å². The number of nitrogens with zero attached hydrogens (tertiary/aromatic N) is 3. The molecule has 0 radical (unpaired) electrons. The van der Waals surface area contributed by atoms with Crippen molar-refractivity contribution in [2.24, 2.45) is 0 Å². The van der Waals surface area contributed by atoms with E-state index in [-0.39, 0.29) is 0 Å². The highest BCUT2D eigenvalue weighted by Gasteiger charge is 2.07. The molecule has 1 N–H and O–H groups in total. The molecule has 0 unspecified atom stereocenters. The normalized spacial score (nSPS) is 9.78. The van der Waals surface area contributed by atoms with Crippen molar-refractivity contribution in [3.8, 4) is 11.8 Å². The number of aromatic nitrogens is 2. The van der Waals surface area contributed by atoms with Crippen molar-refractivity contribution in [2.75, 3.05) is 11.9 Å². The van der Waals surface area contributed by atoms with Crippen LogP contribution in [0.3, 0.4) is 0 Å². The molecule has 0 saturated carbocycles. The predicted molar refractivity (Wildman–Crippen MR) is 69.6 cm³/mol. The highest BCUT2D eigenvalue weighted by atomic mass is 32.1. The molecule has 0 amide bonds. The van der Waals surface area contributed by atoms with E-state index >= 15 is 0 Å². The zero-order valence-corrected chi connectivity index (χ0v) is 10.7. The molecular formula is C12H12N4OS. The Kier molecular flexibility index (Phi) is 4.10. The quantitative estimate of drug-likeness (QED) is 0.894. The van der Waals surface area contributed by atoms with Crippen LogP contribution >= 0.6 is 11.5 Å². The van der Waals surface area contributed by atoms with E-state index in [2.05, 4.69) is 21.0 Å². The lowest BCUT2D eigenvalue weighted by atomic mass is 10.2. The minimum Gasteiger partial charge on any atom is -0.487 e. The van der Waals surface area contributed by atoms with Crippen molar-refractivity contribution in [3.05, 3.63) is 35.5 Å². The van der Waals surface area contributed by atoms with E-state index in [1.807, 2.05) is 6.92 Å². The summed E-state index contributed by atoms with van der Waals surface area (Å²) in [4.78, 5) is 0. The lowest BCUT2D eigenvalue weighted by Crippen LogP contribution is -2.02. The fourth-order valence-corrected chi connectivity index (χ4v) is 2.01. The zero-order chi connectivity index (χ0) is 12.8. The Hall–Kier alpha value is -2.13. The molecule has 0 spiro atoms. The Balaban J connectivity index is 1.98. The molecule has 92 valence electrons. The van der Waals surface area contributed by atoms with Crippen molar-refractivity contribution >= 4 is 16.5 Å². The maximum Gasteiger partial charge on any atom is 0.136 e. The smallest absolute Gasteiger partial charge is 0.136 e. The van der Waals surface area contributed by atoms with Gasteiger partial charge in [-0.25, -0.2) is 0 Å². The Bertz CT molecular complexity index is 544. The van der Waals surface area contributed by atoms with Gasteiger partial charge >= 0.3 is 0 Å². The second-order valence-electron chi connectivity index (χ2n) is 3.50. The van der Waals surface area contributed by atoms with Crippen LogP contribution in [0.2, 0.25) is 0 Å². The van der Waals surface area contributed by atoms with Crippen LogP contribution in [0.1, 0.15) is 18.2 Å². The Morgan fingerprint density at radius 2 is 2.17 bits per heavy atom. The summed E-state index contributed by atoms with van der Waals surface area (Å²) in [6, 6.07) is 9.05. The molecule has 1 aromatic carbocycles. The molecule has 18 heavy (non-hydrogen) atoms. The van der Waals surface area contributed by atoms with Gasteiger partial charge in [0.15, 0.2) is 0 Å². The fourth-order valence-electron chi connectivity index (χ4n) is 1.38. The molecule has 2 rings (SSSR count). The summed E-state index contributed by atoms with van der Waals surface area (Å²) in [5.41, 5.74) is 1.41. The molecule has 0 saturated heterocycles. The molecule has 0 atom stereocenters. The van der Waals surface area contributed by atoms with Gasteiger partial charge in [0.25, 0.3) is 0 Å². The van der Waals surface area contributed by atoms with Crippen molar-refractivity contribution in [3.63, 3.8) is 0 Å². The molecule has 0 fully saturated rings. The number of nitrogens with one attached hydrogen (secondary N) is 1. The summed E-state index contributed by atoms with van der Waals surface area (Å²) in [7, 11) is 0. The van der Waals surface area contributed by atoms with Crippen LogP contribution in [0.5, 0.6) is 5.75 Å². The summed E-state index contributed by atoms with van der Waals surface area (Å²) in [6.45, 7) is 3.21. The minimum atomic E-state index is 0.366. The molecule has 1 aromatic heterocycles. The average molecular weight is 260 g/mol. The molecule has 5 nitrogen and oxygen atoms in total. The summed E-state index contributed by atoms with van der Waals surface area (Å²) < 4.78 is 9.48. The molecule has 0 aliphatic carbocycles. The van der Waals surface area contributed by atoms with Crippen LogP contribution in [-0.2, 0) is 6.61 Å². The Morgan fingerprint density at radius 3 is 2.83 bits per heavy atom. The number of nitriles is 1. The first-order valence-electron chi connectivity index (χ1n) is 5.51. The van der Waals surface area contributed by atoms with Gasteiger partial charge in [-0.05, 0) is 31.2 Å². The third kappa shape index (κ3) is 2.96. The van der Waals surface area contributed by atoms with Crippen LogP contribution < -0.4 is 10.1 Å². The molecule has 6 heteroatoms. The van der Waals surface area contributed by atoms with Gasteiger partial charge in [-0.1, -0.05) is 4.49 Å². The van der Waals surface area contributed by atoms with Crippen molar-refractivity contribution < 1.29 is 4.74 Å². The number of hydrogen-bond acceptors (Lipinski definition) is 6. The molecule has 0 aliphatic heterocycles. The summed E-state index contributed by atoms with van der Waals surface area (Å²) in [6.07, 6.45) is 0. The monoisotopic (exact) mass is 260 g/mol. The summed E-state index contributed by atoms with van der Waals surface area (Å²) in [5, 5.41) is 16.8. The van der Waals surface area contributed by atoms with Crippen molar-refractivity contribution in [1.29, 1.82) is 5.26 Å². The topological polar surface area (TPSA) is 70.8 Å². The lowest BCUT2D eigenvalue weighted by Gasteiger charge is -2.05. The first kappa shape index (κ1) is 12.3. The van der Waals surface area contributed by atoms with Gasteiger partial charge in [0.05, 0.1) is 11.6 Å². The highest BCUT2D eigenvalue weighted by molar-refractivity contribution is 7.10. The number of benzene rings is 1. The van der Waals surface area contributed by atoms with E-state index in [9.17, 15) is 0 Å². The first-order chi connectivity index (χ1) is 8.83. The molecule has 0 bridgehead atoms. The van der Waals surface area contributed by atoms with Gasteiger partial charge in [-0.2, -0.15) is 5.26 Å². The second kappa shape index (κ2) is 5.98. The van der Waals surface area contributed by atoms with Crippen molar-refractivity contribution in [1.82, 2.24) is 9.59 Å². The standard InChI is InChI=1S/C12H12N4OS/c1-2-14-12-11(15-16-18-12)8-17-10-5-3-9(7-13)4-6-10/h3-6,14H,2,8H2,1H3. The van der Waals surface area contributed by atoms with E-state index in [1.54, 1.807) is 24.3 Å². The van der Waals surface area contributed by atoms with Crippen LogP contribution in [0.25, 0.3) is 0 Å². The lowest BCUT2D eigenvalue weighted by molar-refractivity contribution is 0.301. The van der Waals surface area contributed by atoms with Gasteiger partial charge in [0, 0.05) is 18.1 Å². The van der Waals surface area contributed by atoms with Crippen LogP contribution in [0.4, 0.5) is 5.00 Å². The number of rotatable bonds is 5. The minimum absolute atomic E-state index is 0.366. The summed E-state index contributed by atoms with van der Waals surface area (Å²) >= 11 is 1.32. The predicted octanol–water partition coefficient (Wildman–Crippen LogP) is 2.42. The SMILES string of the molecule is CCNc1snnc1COc1ccc(C#N)cc1. The molecule has 1 heterocycles. The van der Waals surface area contributed by atoms with E-state index < -0.39 is 0 Å². The highest BCUT2D eigenvalue weighted by Crippen LogP contribution is 2.20. The number of ether oxygens (including phenoxy) is 1. The molecular weight excluding hydrogens is 248 g/mol. The van der Waals surface area contributed by atoms with E-state index in [0.717, 1.165) is 17.2 Å². The largest absolute Gasteiger partial charge is 0.487 e. The van der Waals surface area contributed by atoms with Gasteiger partial charge in [-0.15, -0.1) is 5.10 Å². The third-order valence-electron chi connectivity index (χ3n) is 2.25. The van der Waals surface area contributed by atoms with E-state index in [1.165, 1.54) is 11.5 Å². The van der Waals surface area contributed by atoms with E-state index in [4.69, 9.17) is 10.00 Å². The van der Waals surface area contributed by atoms with Gasteiger partial charge < -0.3 is 10.1 Å². The fraction of sp³-hybridized carbons (Fsp3) is 0.250. The second-order valence-corrected chi connectivity index (χ2v) is 4.26. The Labute approximate surface area is 109 Å². The first-order valence-corrected chi connectivity index (χ1v) is 6.29. The summed E-state index contributed by atoms with van der Waals surface area (Å²) in [5.74, 6) is 0.712. The van der Waals surface area contributed by atoms with Gasteiger partial charge in [-0.3, -0.25) is 0 Å². The van der Waals surface area contributed by atoms with Crippen LogP contribution in [-0.4, -0.2) is 16.1 Å². The van der Waals surface area contributed by atoms with Gasteiger partial charge in [0.2, 0.25) is 0 Å². The van der Waals surface area contributed by atoms with Crippen LogP contribution in [0.15, 0.2) is 24.3 Å². The van der Waals surface area contributed by atoms with Crippen LogP contribution in [0, 0.1) is 11.3 Å². The zero-order valence-electron chi connectivity index (χ0n) is 9.88. The molecule has 2 aromatic rings. The molecule has 0 aliphatic rings. The van der Waals surface area contributed by atoms with Crippen molar-refractivity contribution in [2.45, 2.75) is 13.5 Å². The van der Waals surface area contributed by atoms with Gasteiger partial charge in [0.1, 0.15) is 23.1 Å². The number of hydrogen-bond donors (Lipinski definition) is 1. The average Bonchev–Trinajstić information content (AvgIpc) is 2.85.